The first kappa shape index (κ1) is 11.2. The molecule has 0 saturated carbocycles. The van der Waals surface area contributed by atoms with Crippen molar-refractivity contribution in [3.8, 4) is 5.75 Å². The zero-order chi connectivity index (χ0) is 11.9. The molecule has 0 aromatic heterocycles. The molecule has 0 unspecified atom stereocenters. The third-order valence-corrected chi connectivity index (χ3v) is 2.97. The first-order chi connectivity index (χ1) is 7.41. The van der Waals surface area contributed by atoms with Crippen LogP contribution in [0, 0.1) is 0 Å². The Morgan fingerprint density at radius 1 is 1.19 bits per heavy atom. The maximum atomic E-state index is 10.2. The smallest absolute Gasteiger partial charge is 0.128 e. The molecule has 2 rings (SSSR count). The van der Waals surface area contributed by atoms with Crippen molar-refractivity contribution in [2.45, 2.75) is 19.4 Å². The molecular weight excluding hydrogens is 222 g/mol. The summed E-state index contributed by atoms with van der Waals surface area (Å²) in [4.78, 5) is 0. The highest BCUT2D eigenvalue weighted by molar-refractivity contribution is 6.35. The number of halogens is 1. The van der Waals surface area contributed by atoms with E-state index in [1.807, 2.05) is 38.1 Å². The van der Waals surface area contributed by atoms with Crippen molar-refractivity contribution in [2.24, 2.45) is 5.73 Å². The van der Waals surface area contributed by atoms with E-state index >= 15 is 0 Å². The molecule has 0 radical (unpaired) electrons. The molecule has 0 saturated heterocycles. The summed E-state index contributed by atoms with van der Waals surface area (Å²) >= 11 is 6.17. The van der Waals surface area contributed by atoms with E-state index in [0.29, 0.717) is 10.6 Å². The summed E-state index contributed by atoms with van der Waals surface area (Å²) in [6, 6.07) is 9.21. The maximum Gasteiger partial charge on any atom is 0.128 e. The van der Waals surface area contributed by atoms with E-state index in [9.17, 15) is 5.11 Å². The highest BCUT2D eigenvalue weighted by atomic mass is 35.5. The van der Waals surface area contributed by atoms with Crippen LogP contribution in [0.25, 0.3) is 10.8 Å². The molecule has 2 aromatic rings. The third kappa shape index (κ3) is 1.75. The molecule has 0 bridgehead atoms. The van der Waals surface area contributed by atoms with Gasteiger partial charge < -0.3 is 10.8 Å². The second kappa shape index (κ2) is 3.65. The fourth-order valence-corrected chi connectivity index (χ4v) is 2.08. The molecule has 2 nitrogen and oxygen atoms in total. The number of phenolic OH excluding ortho intramolecular Hbond substituents is 1. The van der Waals surface area contributed by atoms with Crippen molar-refractivity contribution in [2.75, 3.05) is 0 Å². The standard InChI is InChI=1S/C13H14ClNO/c1-13(2,15)10-7-11(14)8-5-3-4-6-9(8)12(10)16/h3-7,16H,15H2,1-2H3. The van der Waals surface area contributed by atoms with Gasteiger partial charge in [-0.1, -0.05) is 35.9 Å². The van der Waals surface area contributed by atoms with Gasteiger partial charge in [0.15, 0.2) is 0 Å². The Labute approximate surface area is 99.6 Å². The topological polar surface area (TPSA) is 46.2 Å². The van der Waals surface area contributed by atoms with Gasteiger partial charge in [-0.05, 0) is 19.9 Å². The Balaban J connectivity index is 2.86. The van der Waals surface area contributed by atoms with Crippen LogP contribution in [-0.2, 0) is 5.54 Å². The second-order valence-electron chi connectivity index (χ2n) is 4.52. The maximum absolute atomic E-state index is 10.2. The van der Waals surface area contributed by atoms with Gasteiger partial charge in [-0.2, -0.15) is 0 Å². The Morgan fingerprint density at radius 3 is 2.31 bits per heavy atom. The van der Waals surface area contributed by atoms with Crippen LogP contribution < -0.4 is 5.73 Å². The van der Waals surface area contributed by atoms with Gasteiger partial charge in [0.05, 0.1) is 0 Å². The second-order valence-corrected chi connectivity index (χ2v) is 4.93. The van der Waals surface area contributed by atoms with Gasteiger partial charge in [0.1, 0.15) is 5.75 Å². The monoisotopic (exact) mass is 235 g/mol. The van der Waals surface area contributed by atoms with Crippen LogP contribution in [0.3, 0.4) is 0 Å². The summed E-state index contributed by atoms with van der Waals surface area (Å²) in [5.74, 6) is 0.215. The molecule has 2 aromatic carbocycles. The fraction of sp³-hybridized carbons (Fsp3) is 0.231. The highest BCUT2D eigenvalue weighted by Gasteiger charge is 2.21. The zero-order valence-electron chi connectivity index (χ0n) is 9.29. The number of aromatic hydroxyl groups is 1. The highest BCUT2D eigenvalue weighted by Crippen LogP contribution is 2.38. The molecule has 3 heteroatoms. The van der Waals surface area contributed by atoms with Crippen molar-refractivity contribution in [1.82, 2.24) is 0 Å². The normalized spacial score (nSPS) is 12.0. The Morgan fingerprint density at radius 2 is 1.75 bits per heavy atom. The molecule has 0 aliphatic carbocycles. The van der Waals surface area contributed by atoms with Crippen molar-refractivity contribution in [3.63, 3.8) is 0 Å². The van der Waals surface area contributed by atoms with Crippen LogP contribution >= 0.6 is 11.6 Å². The number of hydrogen-bond acceptors (Lipinski definition) is 2. The molecule has 0 atom stereocenters. The number of fused-ring (bicyclic) bond motifs is 1. The molecule has 0 spiro atoms. The van der Waals surface area contributed by atoms with Gasteiger partial charge in [-0.25, -0.2) is 0 Å². The van der Waals surface area contributed by atoms with Crippen LogP contribution in [0.15, 0.2) is 30.3 Å². The first-order valence-corrected chi connectivity index (χ1v) is 5.48. The summed E-state index contributed by atoms with van der Waals surface area (Å²) in [6.07, 6.45) is 0. The number of nitrogens with two attached hydrogens (primary N) is 1. The summed E-state index contributed by atoms with van der Waals surface area (Å²) < 4.78 is 0. The number of phenols is 1. The van der Waals surface area contributed by atoms with Gasteiger partial charge in [0.2, 0.25) is 0 Å². The first-order valence-electron chi connectivity index (χ1n) is 5.11. The van der Waals surface area contributed by atoms with Gasteiger partial charge >= 0.3 is 0 Å². The lowest BCUT2D eigenvalue weighted by molar-refractivity contribution is 0.446. The lowest BCUT2D eigenvalue weighted by Crippen LogP contribution is -2.28. The van der Waals surface area contributed by atoms with Gasteiger partial charge in [-0.3, -0.25) is 0 Å². The van der Waals surface area contributed by atoms with E-state index in [1.54, 1.807) is 6.07 Å². The average molecular weight is 236 g/mol. The average Bonchev–Trinajstić information content (AvgIpc) is 2.22. The summed E-state index contributed by atoms with van der Waals surface area (Å²) in [5, 5.41) is 12.4. The predicted molar refractivity (Wildman–Crippen MR) is 67.8 cm³/mol. The number of rotatable bonds is 1. The van der Waals surface area contributed by atoms with Gasteiger partial charge in [0.25, 0.3) is 0 Å². The Bertz CT molecular complexity index is 543. The van der Waals surface area contributed by atoms with Crippen molar-refractivity contribution < 1.29 is 5.11 Å². The van der Waals surface area contributed by atoms with Gasteiger partial charge in [0, 0.05) is 26.9 Å². The van der Waals surface area contributed by atoms with E-state index < -0.39 is 5.54 Å². The van der Waals surface area contributed by atoms with E-state index in [1.165, 1.54) is 0 Å². The Kier molecular flexibility index (Phi) is 2.56. The van der Waals surface area contributed by atoms with Crippen molar-refractivity contribution >= 4 is 22.4 Å². The van der Waals surface area contributed by atoms with E-state index in [2.05, 4.69) is 0 Å². The minimum Gasteiger partial charge on any atom is -0.507 e. The molecule has 0 aliphatic heterocycles. The fourth-order valence-electron chi connectivity index (χ4n) is 1.81. The molecule has 0 aliphatic rings. The third-order valence-electron chi connectivity index (χ3n) is 2.66. The summed E-state index contributed by atoms with van der Waals surface area (Å²) in [7, 11) is 0. The predicted octanol–water partition coefficient (Wildman–Crippen LogP) is 3.39. The largest absolute Gasteiger partial charge is 0.507 e. The van der Waals surface area contributed by atoms with E-state index in [0.717, 1.165) is 10.8 Å². The minimum atomic E-state index is -0.613. The molecule has 0 fully saturated rings. The molecular formula is C13H14ClNO. The Hall–Kier alpha value is -1.25. The SMILES string of the molecule is CC(C)(N)c1cc(Cl)c2ccccc2c1O. The summed E-state index contributed by atoms with van der Waals surface area (Å²) in [6.45, 7) is 3.68. The zero-order valence-corrected chi connectivity index (χ0v) is 10.0. The van der Waals surface area contributed by atoms with Crippen LogP contribution in [0.5, 0.6) is 5.75 Å². The van der Waals surface area contributed by atoms with Crippen LogP contribution in [0.2, 0.25) is 5.02 Å². The summed E-state index contributed by atoms with van der Waals surface area (Å²) in [5.41, 5.74) is 6.05. The van der Waals surface area contributed by atoms with Crippen molar-refractivity contribution in [3.05, 3.63) is 40.9 Å². The minimum absolute atomic E-state index is 0.215. The lowest BCUT2D eigenvalue weighted by Gasteiger charge is -2.22. The molecule has 84 valence electrons. The van der Waals surface area contributed by atoms with Crippen molar-refractivity contribution in [1.29, 1.82) is 0 Å². The lowest BCUT2D eigenvalue weighted by atomic mass is 9.92. The molecule has 0 heterocycles. The van der Waals surface area contributed by atoms with Crippen LogP contribution in [-0.4, -0.2) is 5.11 Å². The van der Waals surface area contributed by atoms with Crippen LogP contribution in [0.4, 0.5) is 0 Å². The van der Waals surface area contributed by atoms with Crippen LogP contribution in [0.1, 0.15) is 19.4 Å². The van der Waals surface area contributed by atoms with E-state index in [-0.39, 0.29) is 5.75 Å². The van der Waals surface area contributed by atoms with E-state index in [4.69, 9.17) is 17.3 Å². The quantitative estimate of drug-likeness (QED) is 0.796. The number of benzene rings is 2. The van der Waals surface area contributed by atoms with Gasteiger partial charge in [-0.15, -0.1) is 0 Å². The molecule has 3 N–H and O–H groups in total. The molecule has 0 amide bonds. The number of hydrogen-bond donors (Lipinski definition) is 2. The molecule has 16 heavy (non-hydrogen) atoms.